The summed E-state index contributed by atoms with van der Waals surface area (Å²) in [5.41, 5.74) is 1.74. The van der Waals surface area contributed by atoms with Gasteiger partial charge in [0.2, 0.25) is 5.13 Å². The van der Waals surface area contributed by atoms with Crippen molar-refractivity contribution in [2.45, 2.75) is 29.5 Å². The second kappa shape index (κ2) is 12.2. The Labute approximate surface area is 243 Å². The summed E-state index contributed by atoms with van der Waals surface area (Å²) in [6.07, 6.45) is 0.808. The van der Waals surface area contributed by atoms with Crippen LogP contribution in [-0.2, 0) is 15.3 Å². The summed E-state index contributed by atoms with van der Waals surface area (Å²) in [5.74, 6) is -1.21. The van der Waals surface area contributed by atoms with Crippen molar-refractivity contribution < 1.29 is 23.8 Å². The monoisotopic (exact) mass is 595 g/mol. The smallest absolute Gasteiger partial charge is 0.301 e. The van der Waals surface area contributed by atoms with E-state index in [1.54, 1.807) is 60.7 Å². The third-order valence-electron chi connectivity index (χ3n) is 6.09. The highest BCUT2D eigenvalue weighted by Crippen LogP contribution is 2.44. The maximum atomic E-state index is 13.4. The predicted octanol–water partition coefficient (Wildman–Crippen LogP) is 7.04. The molecule has 1 aliphatic rings. The molecule has 1 amide bonds. The van der Waals surface area contributed by atoms with Gasteiger partial charge in [0.25, 0.3) is 5.78 Å². The molecule has 1 unspecified atom stereocenters. The maximum Gasteiger partial charge on any atom is 0.301 e. The highest BCUT2D eigenvalue weighted by molar-refractivity contribution is 8.00. The molecule has 204 valence electrons. The van der Waals surface area contributed by atoms with Gasteiger partial charge in [-0.2, -0.15) is 0 Å². The quantitative estimate of drug-likeness (QED) is 0.0729. The molecule has 7 nitrogen and oxygen atoms in total. The number of nitrogens with zero attached hydrogens (tertiary/aromatic N) is 3. The van der Waals surface area contributed by atoms with Gasteiger partial charge in [-0.15, -0.1) is 10.2 Å². The van der Waals surface area contributed by atoms with Crippen LogP contribution in [0.25, 0.3) is 5.76 Å². The Morgan fingerprint density at radius 3 is 2.58 bits per heavy atom. The fraction of sp³-hybridized carbons (Fsp3) is 0.172. The summed E-state index contributed by atoms with van der Waals surface area (Å²) in [7, 11) is 0. The molecule has 0 radical (unpaired) electrons. The number of hydrogen-bond donors (Lipinski definition) is 1. The Hall–Kier alpha value is -3.73. The Balaban J connectivity index is 1.54. The van der Waals surface area contributed by atoms with E-state index in [2.05, 4.69) is 10.2 Å². The molecular formula is C29H23ClFN3O4S2. The lowest BCUT2D eigenvalue weighted by Gasteiger charge is -2.23. The average molecular weight is 596 g/mol. The van der Waals surface area contributed by atoms with Crippen molar-refractivity contribution in [1.82, 2.24) is 10.2 Å². The number of ketones is 1. The van der Waals surface area contributed by atoms with Crippen molar-refractivity contribution in [3.05, 3.63) is 106 Å². The third kappa shape index (κ3) is 5.89. The van der Waals surface area contributed by atoms with Crippen LogP contribution < -0.4 is 9.64 Å². The van der Waals surface area contributed by atoms with Crippen molar-refractivity contribution >= 4 is 57.3 Å². The summed E-state index contributed by atoms with van der Waals surface area (Å²) in [5, 5.41) is 20.4. The van der Waals surface area contributed by atoms with Crippen molar-refractivity contribution in [3.63, 3.8) is 0 Å². The molecule has 1 atom stereocenters. The highest BCUT2D eigenvalue weighted by Gasteiger charge is 2.48. The number of halogens is 2. The van der Waals surface area contributed by atoms with Crippen LogP contribution in [0.3, 0.4) is 0 Å². The number of carbonyl (C=O) groups is 2. The van der Waals surface area contributed by atoms with E-state index in [1.165, 1.54) is 28.8 Å². The van der Waals surface area contributed by atoms with Gasteiger partial charge >= 0.3 is 5.91 Å². The van der Waals surface area contributed by atoms with Gasteiger partial charge in [-0.05, 0) is 66.1 Å². The van der Waals surface area contributed by atoms with E-state index >= 15 is 0 Å². The number of carbonyl (C=O) groups excluding carboxylic acids is 2. The normalized spacial score (nSPS) is 16.5. The maximum absolute atomic E-state index is 13.4. The molecule has 11 heteroatoms. The molecule has 0 spiro atoms. The molecule has 0 saturated carbocycles. The molecule has 3 aromatic carbocycles. The molecule has 5 rings (SSSR count). The first-order valence-corrected chi connectivity index (χ1v) is 14.5. The van der Waals surface area contributed by atoms with Crippen LogP contribution >= 0.6 is 34.7 Å². The van der Waals surface area contributed by atoms with Gasteiger partial charge in [0.15, 0.2) is 4.34 Å². The van der Waals surface area contributed by atoms with Crippen LogP contribution in [0.1, 0.15) is 36.1 Å². The van der Waals surface area contributed by atoms with Crippen LogP contribution in [0.2, 0.25) is 5.02 Å². The molecule has 40 heavy (non-hydrogen) atoms. The zero-order valence-corrected chi connectivity index (χ0v) is 23.6. The van der Waals surface area contributed by atoms with Gasteiger partial charge in [0.05, 0.1) is 18.2 Å². The summed E-state index contributed by atoms with van der Waals surface area (Å²) < 4.78 is 19.6. The fourth-order valence-corrected chi connectivity index (χ4v) is 6.14. The van der Waals surface area contributed by atoms with E-state index in [9.17, 15) is 19.1 Å². The lowest BCUT2D eigenvalue weighted by Crippen LogP contribution is -2.29. The standard InChI is InChI=1S/C29H23ClFN3O4S2/c1-2-14-38-22-5-3-4-19(15-22)24-23(25(35)18-8-10-20(30)11-9-18)26(36)27(37)34(24)28-32-33-29(40-28)39-16-17-6-12-21(31)13-7-17/h3-13,15,24,35H,2,14,16H2,1H3/b25-23+. The van der Waals surface area contributed by atoms with Crippen molar-refractivity contribution in [1.29, 1.82) is 0 Å². The van der Waals surface area contributed by atoms with Crippen LogP contribution in [0.4, 0.5) is 9.52 Å². The first-order chi connectivity index (χ1) is 19.4. The minimum atomic E-state index is -0.969. The highest BCUT2D eigenvalue weighted by atomic mass is 35.5. The minimum absolute atomic E-state index is 0.0734. The lowest BCUT2D eigenvalue weighted by molar-refractivity contribution is -0.132. The number of aromatic nitrogens is 2. The van der Waals surface area contributed by atoms with Crippen LogP contribution in [0, 0.1) is 5.82 Å². The Morgan fingerprint density at radius 1 is 1.10 bits per heavy atom. The number of rotatable bonds is 9. The first-order valence-electron chi connectivity index (χ1n) is 12.4. The second-order valence-electron chi connectivity index (χ2n) is 8.86. The van der Waals surface area contributed by atoms with Gasteiger partial charge in [0.1, 0.15) is 17.3 Å². The van der Waals surface area contributed by atoms with Crippen molar-refractivity contribution in [3.8, 4) is 5.75 Å². The number of thioether (sulfide) groups is 1. The summed E-state index contributed by atoms with van der Waals surface area (Å²) in [6, 6.07) is 18.6. The van der Waals surface area contributed by atoms with Gasteiger partial charge in [-0.1, -0.05) is 65.9 Å². The first kappa shape index (κ1) is 27.8. The predicted molar refractivity (Wildman–Crippen MR) is 154 cm³/mol. The second-order valence-corrected chi connectivity index (χ2v) is 11.5. The zero-order valence-electron chi connectivity index (χ0n) is 21.2. The topological polar surface area (TPSA) is 92.6 Å². The largest absolute Gasteiger partial charge is 0.507 e. The number of ether oxygens (including phenoxy) is 1. The number of benzene rings is 3. The van der Waals surface area contributed by atoms with Gasteiger partial charge in [0, 0.05) is 16.3 Å². The fourth-order valence-electron chi connectivity index (χ4n) is 4.19. The molecule has 1 N–H and O–H groups in total. The van der Waals surface area contributed by atoms with Crippen LogP contribution in [-0.4, -0.2) is 33.6 Å². The van der Waals surface area contributed by atoms with Crippen LogP contribution in [0.5, 0.6) is 5.75 Å². The lowest BCUT2D eigenvalue weighted by atomic mass is 9.95. The number of anilines is 1. The molecule has 1 saturated heterocycles. The van der Waals surface area contributed by atoms with Crippen LogP contribution in [0.15, 0.2) is 82.7 Å². The van der Waals surface area contributed by atoms with Crippen molar-refractivity contribution in [2.75, 3.05) is 11.5 Å². The molecule has 1 fully saturated rings. The van der Waals surface area contributed by atoms with Gasteiger partial charge in [-0.3, -0.25) is 14.5 Å². The minimum Gasteiger partial charge on any atom is -0.507 e. The van der Waals surface area contributed by atoms with E-state index in [-0.39, 0.29) is 22.3 Å². The van der Waals surface area contributed by atoms with Gasteiger partial charge in [-0.25, -0.2) is 4.39 Å². The number of Topliss-reactive ketones (excluding diaryl/α,β-unsaturated/α-hetero) is 1. The number of hydrogen-bond acceptors (Lipinski definition) is 8. The van der Waals surface area contributed by atoms with Crippen molar-refractivity contribution in [2.24, 2.45) is 0 Å². The van der Waals surface area contributed by atoms with E-state index in [0.29, 0.717) is 38.6 Å². The molecule has 0 aliphatic carbocycles. The Bertz CT molecular complexity index is 1570. The average Bonchev–Trinajstić information content (AvgIpc) is 3.53. The van der Waals surface area contributed by atoms with E-state index < -0.39 is 17.7 Å². The number of amides is 1. The zero-order chi connectivity index (χ0) is 28.2. The molecule has 2 heterocycles. The Morgan fingerprint density at radius 2 is 1.85 bits per heavy atom. The van der Waals surface area contributed by atoms with E-state index in [0.717, 1.165) is 23.3 Å². The molecular weight excluding hydrogens is 573 g/mol. The van der Waals surface area contributed by atoms with E-state index in [4.69, 9.17) is 16.3 Å². The summed E-state index contributed by atoms with van der Waals surface area (Å²) in [6.45, 7) is 2.49. The summed E-state index contributed by atoms with van der Waals surface area (Å²) in [4.78, 5) is 28.1. The number of aliphatic hydroxyl groups excluding tert-OH is 1. The SMILES string of the molecule is CCCOc1cccc(C2/C(=C(\O)c3ccc(Cl)cc3)C(=O)C(=O)N2c2nnc(SCc3ccc(F)cc3)s2)c1. The Kier molecular flexibility index (Phi) is 8.49. The number of aliphatic hydroxyl groups is 1. The molecule has 0 bridgehead atoms. The molecule has 1 aliphatic heterocycles. The van der Waals surface area contributed by atoms with Gasteiger partial charge < -0.3 is 9.84 Å². The third-order valence-corrected chi connectivity index (χ3v) is 8.47. The molecule has 4 aromatic rings. The molecule has 1 aromatic heterocycles. The summed E-state index contributed by atoms with van der Waals surface area (Å²) >= 11 is 8.55. The van der Waals surface area contributed by atoms with E-state index in [1.807, 2.05) is 6.92 Å².